The molecule has 0 amide bonds. The van der Waals surface area contributed by atoms with Gasteiger partial charge in [-0.3, -0.25) is 0 Å². The van der Waals surface area contributed by atoms with Crippen molar-refractivity contribution in [2.75, 3.05) is 25.1 Å². The van der Waals surface area contributed by atoms with Crippen LogP contribution < -0.4 is 9.64 Å². The molecule has 0 aliphatic carbocycles. The molecule has 2 rings (SSSR count). The number of likely N-dealkylation sites (N-methyl/N-ethyl adjacent to an activating group) is 1. The monoisotopic (exact) mass is 255 g/mol. The van der Waals surface area contributed by atoms with E-state index in [1.165, 1.54) is 11.3 Å². The third kappa shape index (κ3) is 3.75. The molecule has 2 aromatic carbocycles. The topological polar surface area (TPSA) is 12.5 Å². The fourth-order valence-corrected chi connectivity index (χ4v) is 2.16. The molecule has 100 valence electrons. The average molecular weight is 255 g/mol. The highest BCUT2D eigenvalue weighted by molar-refractivity contribution is 5.46. The van der Waals surface area contributed by atoms with Crippen molar-refractivity contribution in [3.05, 3.63) is 60.2 Å². The lowest BCUT2D eigenvalue weighted by atomic mass is 10.1. The van der Waals surface area contributed by atoms with Gasteiger partial charge in [0.05, 0.1) is 7.11 Å². The number of para-hydroxylation sites is 1. The van der Waals surface area contributed by atoms with Crippen LogP contribution in [-0.2, 0) is 6.42 Å². The van der Waals surface area contributed by atoms with Crippen LogP contribution in [0.2, 0.25) is 0 Å². The molecular formula is C17H21NO. The Bertz CT molecular complexity index is 478. The lowest BCUT2D eigenvalue weighted by Crippen LogP contribution is -2.25. The maximum atomic E-state index is 5.17. The molecule has 2 aromatic rings. The zero-order valence-electron chi connectivity index (χ0n) is 11.7. The molecule has 0 aliphatic heterocycles. The summed E-state index contributed by atoms with van der Waals surface area (Å²) in [6, 6.07) is 18.9. The molecule has 2 heteroatoms. The second kappa shape index (κ2) is 6.83. The van der Waals surface area contributed by atoms with Gasteiger partial charge in [-0.15, -0.1) is 0 Å². The number of nitrogens with zero attached hydrogens (tertiary/aromatic N) is 1. The van der Waals surface area contributed by atoms with Gasteiger partial charge < -0.3 is 9.64 Å². The summed E-state index contributed by atoms with van der Waals surface area (Å²) < 4.78 is 5.17. The minimum absolute atomic E-state index is 0.916. The van der Waals surface area contributed by atoms with Gasteiger partial charge in [-0.05, 0) is 43.2 Å². The summed E-state index contributed by atoms with van der Waals surface area (Å²) in [4.78, 5) is 2.39. The number of rotatable bonds is 6. The Kier molecular flexibility index (Phi) is 4.85. The second-order valence-electron chi connectivity index (χ2n) is 4.51. The fraction of sp³-hybridized carbons (Fsp3) is 0.294. The summed E-state index contributed by atoms with van der Waals surface area (Å²) >= 11 is 0. The van der Waals surface area contributed by atoms with Gasteiger partial charge in [-0.1, -0.05) is 30.3 Å². The summed E-state index contributed by atoms with van der Waals surface area (Å²) in [5.74, 6) is 0.916. The van der Waals surface area contributed by atoms with Crippen LogP contribution in [0.3, 0.4) is 0 Å². The number of anilines is 1. The standard InChI is InChI=1S/C17H21NO/c1-3-18(16-7-5-4-6-8-16)14-13-15-9-11-17(19-2)12-10-15/h4-12H,3,13-14H2,1-2H3. The van der Waals surface area contributed by atoms with E-state index in [-0.39, 0.29) is 0 Å². The molecule has 0 spiro atoms. The van der Waals surface area contributed by atoms with Crippen molar-refractivity contribution in [2.24, 2.45) is 0 Å². The molecule has 0 radical (unpaired) electrons. The molecule has 0 bridgehead atoms. The van der Waals surface area contributed by atoms with Gasteiger partial charge >= 0.3 is 0 Å². The summed E-state index contributed by atoms with van der Waals surface area (Å²) in [5.41, 5.74) is 2.63. The van der Waals surface area contributed by atoms with Crippen molar-refractivity contribution in [1.29, 1.82) is 0 Å². The zero-order chi connectivity index (χ0) is 13.5. The van der Waals surface area contributed by atoms with E-state index in [4.69, 9.17) is 4.74 Å². The van der Waals surface area contributed by atoms with Gasteiger partial charge in [0, 0.05) is 18.8 Å². The van der Waals surface area contributed by atoms with Crippen LogP contribution >= 0.6 is 0 Å². The van der Waals surface area contributed by atoms with Crippen LogP contribution in [0, 0.1) is 0 Å². The van der Waals surface area contributed by atoms with Crippen molar-refractivity contribution in [3.63, 3.8) is 0 Å². The normalized spacial score (nSPS) is 10.2. The van der Waals surface area contributed by atoms with Gasteiger partial charge in [0.15, 0.2) is 0 Å². The molecule has 2 nitrogen and oxygen atoms in total. The SMILES string of the molecule is CCN(CCc1ccc(OC)cc1)c1ccccc1. The van der Waals surface area contributed by atoms with Gasteiger partial charge in [0.25, 0.3) is 0 Å². The van der Waals surface area contributed by atoms with Gasteiger partial charge in [0.1, 0.15) is 5.75 Å². The largest absolute Gasteiger partial charge is 0.497 e. The molecule has 0 heterocycles. The smallest absolute Gasteiger partial charge is 0.118 e. The van der Waals surface area contributed by atoms with E-state index in [9.17, 15) is 0 Å². The van der Waals surface area contributed by atoms with Crippen molar-refractivity contribution in [3.8, 4) is 5.75 Å². The molecule has 0 aliphatic rings. The molecule has 0 saturated carbocycles. The quantitative estimate of drug-likeness (QED) is 0.779. The van der Waals surface area contributed by atoms with E-state index in [0.29, 0.717) is 0 Å². The van der Waals surface area contributed by atoms with Crippen molar-refractivity contribution in [2.45, 2.75) is 13.3 Å². The fourth-order valence-electron chi connectivity index (χ4n) is 2.16. The van der Waals surface area contributed by atoms with E-state index in [1.807, 2.05) is 12.1 Å². The molecule has 0 aromatic heterocycles. The van der Waals surface area contributed by atoms with E-state index in [0.717, 1.165) is 25.3 Å². The Labute approximate surface area is 115 Å². The predicted molar refractivity (Wildman–Crippen MR) is 81.0 cm³/mol. The van der Waals surface area contributed by atoms with Crippen LogP contribution in [0.5, 0.6) is 5.75 Å². The zero-order valence-corrected chi connectivity index (χ0v) is 11.7. The number of hydrogen-bond donors (Lipinski definition) is 0. The summed E-state index contributed by atoms with van der Waals surface area (Å²) in [7, 11) is 1.70. The first-order valence-electron chi connectivity index (χ1n) is 6.76. The number of benzene rings is 2. The molecule has 0 unspecified atom stereocenters. The summed E-state index contributed by atoms with van der Waals surface area (Å²) in [5, 5.41) is 0. The minimum Gasteiger partial charge on any atom is -0.497 e. The molecule has 0 atom stereocenters. The maximum absolute atomic E-state index is 5.17. The molecule has 0 saturated heterocycles. The van der Waals surface area contributed by atoms with Crippen molar-refractivity contribution < 1.29 is 4.74 Å². The van der Waals surface area contributed by atoms with Crippen LogP contribution in [0.25, 0.3) is 0 Å². The average Bonchev–Trinajstić information content (AvgIpc) is 2.49. The summed E-state index contributed by atoms with van der Waals surface area (Å²) in [6.45, 7) is 4.26. The molecular weight excluding hydrogens is 234 g/mol. The van der Waals surface area contributed by atoms with Gasteiger partial charge in [-0.2, -0.15) is 0 Å². The molecule has 0 N–H and O–H groups in total. The van der Waals surface area contributed by atoms with Crippen molar-refractivity contribution in [1.82, 2.24) is 0 Å². The van der Waals surface area contributed by atoms with E-state index in [1.54, 1.807) is 7.11 Å². The minimum atomic E-state index is 0.916. The van der Waals surface area contributed by atoms with E-state index >= 15 is 0 Å². The first-order valence-corrected chi connectivity index (χ1v) is 6.76. The van der Waals surface area contributed by atoms with Gasteiger partial charge in [-0.25, -0.2) is 0 Å². The third-order valence-corrected chi connectivity index (χ3v) is 3.33. The Morgan fingerprint density at radius 3 is 2.21 bits per heavy atom. The van der Waals surface area contributed by atoms with Gasteiger partial charge in [0.2, 0.25) is 0 Å². The van der Waals surface area contributed by atoms with Crippen LogP contribution in [0.15, 0.2) is 54.6 Å². The highest BCUT2D eigenvalue weighted by Crippen LogP contribution is 2.15. The maximum Gasteiger partial charge on any atom is 0.118 e. The van der Waals surface area contributed by atoms with E-state index < -0.39 is 0 Å². The Hall–Kier alpha value is -1.96. The first-order chi connectivity index (χ1) is 9.33. The van der Waals surface area contributed by atoms with Crippen LogP contribution in [-0.4, -0.2) is 20.2 Å². The second-order valence-corrected chi connectivity index (χ2v) is 4.51. The van der Waals surface area contributed by atoms with E-state index in [2.05, 4.69) is 54.3 Å². The summed E-state index contributed by atoms with van der Waals surface area (Å²) in [6.07, 6.45) is 1.05. The highest BCUT2D eigenvalue weighted by Gasteiger charge is 2.03. The molecule has 0 fully saturated rings. The number of ether oxygens (including phenoxy) is 1. The Balaban J connectivity index is 1.96. The predicted octanol–water partition coefficient (Wildman–Crippen LogP) is 3.76. The highest BCUT2D eigenvalue weighted by atomic mass is 16.5. The molecule has 19 heavy (non-hydrogen) atoms. The third-order valence-electron chi connectivity index (χ3n) is 3.33. The number of hydrogen-bond acceptors (Lipinski definition) is 2. The van der Waals surface area contributed by atoms with Crippen molar-refractivity contribution >= 4 is 5.69 Å². The van der Waals surface area contributed by atoms with Crippen LogP contribution in [0.1, 0.15) is 12.5 Å². The van der Waals surface area contributed by atoms with Crippen LogP contribution in [0.4, 0.5) is 5.69 Å². The lowest BCUT2D eigenvalue weighted by Gasteiger charge is -2.23. The number of methoxy groups -OCH3 is 1. The Morgan fingerprint density at radius 1 is 0.947 bits per heavy atom. The first kappa shape index (κ1) is 13.5. The lowest BCUT2D eigenvalue weighted by molar-refractivity contribution is 0.414. The Morgan fingerprint density at radius 2 is 1.63 bits per heavy atom.